The fourth-order valence-corrected chi connectivity index (χ4v) is 2.75. The number of urea groups is 1. The highest BCUT2D eigenvalue weighted by Crippen LogP contribution is 2.14. The number of ether oxygens (including phenoxy) is 1. The number of amides is 3. The third-order valence-electron chi connectivity index (χ3n) is 4.19. The molecule has 7 nitrogen and oxygen atoms in total. The van der Waals surface area contributed by atoms with E-state index in [0.29, 0.717) is 6.54 Å². The lowest BCUT2D eigenvalue weighted by atomic mass is 10.2. The second kappa shape index (κ2) is 10.0. The Morgan fingerprint density at radius 1 is 1.08 bits per heavy atom. The Morgan fingerprint density at radius 3 is 2.32 bits per heavy atom. The number of hydrogen-bond acceptors (Lipinski definition) is 5. The normalized spacial score (nSPS) is 15.6. The van der Waals surface area contributed by atoms with E-state index < -0.39 is 6.03 Å². The third-order valence-corrected chi connectivity index (χ3v) is 4.19. The van der Waals surface area contributed by atoms with Gasteiger partial charge in [0.25, 0.3) is 0 Å². The van der Waals surface area contributed by atoms with Gasteiger partial charge in [-0.05, 0) is 24.1 Å². The Kier molecular flexibility index (Phi) is 7.69. The number of carbonyl (C=O) groups is 2. The second-order valence-corrected chi connectivity index (χ2v) is 6.20. The molecule has 1 aliphatic heterocycles. The zero-order valence-corrected chi connectivity index (χ0v) is 15.1. The lowest BCUT2D eigenvalue weighted by molar-refractivity contribution is -0.121. The number of piperazine rings is 1. The lowest BCUT2D eigenvalue weighted by Crippen LogP contribution is -2.50. The molecule has 2 rings (SSSR count). The Bertz CT molecular complexity index is 554. The van der Waals surface area contributed by atoms with Crippen LogP contribution < -0.4 is 15.4 Å². The van der Waals surface area contributed by atoms with Crippen LogP contribution in [0.3, 0.4) is 0 Å². The van der Waals surface area contributed by atoms with Crippen molar-refractivity contribution in [3.8, 4) is 5.75 Å². The SMILES string of the molecule is CCCNC(=O)NC(=O)CN1CCN(Cc2ccc(OC)cc2)CC1. The summed E-state index contributed by atoms with van der Waals surface area (Å²) in [6, 6.07) is 7.69. The van der Waals surface area contributed by atoms with Crippen LogP contribution in [0.5, 0.6) is 5.75 Å². The van der Waals surface area contributed by atoms with E-state index in [0.717, 1.165) is 44.9 Å². The van der Waals surface area contributed by atoms with E-state index in [4.69, 9.17) is 4.74 Å². The van der Waals surface area contributed by atoms with Crippen LogP contribution in [0, 0.1) is 0 Å². The monoisotopic (exact) mass is 348 g/mol. The summed E-state index contributed by atoms with van der Waals surface area (Å²) in [5, 5.41) is 5.00. The average molecular weight is 348 g/mol. The van der Waals surface area contributed by atoms with Crippen molar-refractivity contribution < 1.29 is 14.3 Å². The molecule has 0 spiro atoms. The third kappa shape index (κ3) is 6.72. The van der Waals surface area contributed by atoms with Crippen LogP contribution >= 0.6 is 0 Å². The first-order chi connectivity index (χ1) is 12.1. The second-order valence-electron chi connectivity index (χ2n) is 6.20. The molecule has 0 aliphatic carbocycles. The van der Waals surface area contributed by atoms with E-state index in [9.17, 15) is 9.59 Å². The molecule has 0 aromatic heterocycles. The first kappa shape index (κ1) is 19.2. The molecule has 2 N–H and O–H groups in total. The van der Waals surface area contributed by atoms with Crippen LogP contribution in [-0.4, -0.2) is 68.1 Å². The Morgan fingerprint density at radius 2 is 1.72 bits per heavy atom. The Hall–Kier alpha value is -2.12. The van der Waals surface area contributed by atoms with Gasteiger partial charge in [0, 0.05) is 39.3 Å². The van der Waals surface area contributed by atoms with E-state index >= 15 is 0 Å². The first-order valence-electron chi connectivity index (χ1n) is 8.76. The van der Waals surface area contributed by atoms with Gasteiger partial charge in [-0.2, -0.15) is 0 Å². The summed E-state index contributed by atoms with van der Waals surface area (Å²) in [5.41, 5.74) is 1.25. The molecule has 0 bridgehead atoms. The highest BCUT2D eigenvalue weighted by atomic mass is 16.5. The molecule has 3 amide bonds. The number of methoxy groups -OCH3 is 1. The van der Waals surface area contributed by atoms with E-state index in [1.54, 1.807) is 7.11 Å². The number of imide groups is 1. The summed E-state index contributed by atoms with van der Waals surface area (Å²) in [4.78, 5) is 27.8. The molecule has 0 saturated carbocycles. The number of hydrogen-bond donors (Lipinski definition) is 2. The maximum absolute atomic E-state index is 11.9. The zero-order chi connectivity index (χ0) is 18.1. The lowest BCUT2D eigenvalue weighted by Gasteiger charge is -2.34. The number of rotatable bonds is 7. The van der Waals surface area contributed by atoms with Gasteiger partial charge in [-0.15, -0.1) is 0 Å². The van der Waals surface area contributed by atoms with Gasteiger partial charge in [-0.25, -0.2) is 4.79 Å². The van der Waals surface area contributed by atoms with Crippen LogP contribution in [0.25, 0.3) is 0 Å². The van der Waals surface area contributed by atoms with E-state index in [2.05, 4.69) is 32.6 Å². The summed E-state index contributed by atoms with van der Waals surface area (Å²) < 4.78 is 5.17. The molecule has 0 radical (unpaired) electrons. The quantitative estimate of drug-likeness (QED) is 0.770. The highest BCUT2D eigenvalue weighted by molar-refractivity contribution is 5.95. The first-order valence-corrected chi connectivity index (χ1v) is 8.76. The van der Waals surface area contributed by atoms with Crippen molar-refractivity contribution in [1.82, 2.24) is 20.4 Å². The van der Waals surface area contributed by atoms with Crippen molar-refractivity contribution in [1.29, 1.82) is 0 Å². The zero-order valence-electron chi connectivity index (χ0n) is 15.1. The maximum Gasteiger partial charge on any atom is 0.321 e. The fourth-order valence-electron chi connectivity index (χ4n) is 2.75. The van der Waals surface area contributed by atoms with Crippen LogP contribution in [0.4, 0.5) is 4.79 Å². The van der Waals surface area contributed by atoms with Gasteiger partial charge >= 0.3 is 6.03 Å². The number of benzene rings is 1. The molecule has 1 fully saturated rings. The summed E-state index contributed by atoms with van der Waals surface area (Å²) in [7, 11) is 1.66. The Balaban J connectivity index is 1.68. The van der Waals surface area contributed by atoms with Gasteiger partial charge in [0.1, 0.15) is 5.75 Å². The molecule has 138 valence electrons. The van der Waals surface area contributed by atoms with Crippen molar-refractivity contribution in [2.75, 3.05) is 46.4 Å². The molecule has 7 heteroatoms. The summed E-state index contributed by atoms with van der Waals surface area (Å²) in [6.45, 7) is 7.14. The average Bonchev–Trinajstić information content (AvgIpc) is 2.62. The predicted molar refractivity (Wildman–Crippen MR) is 96.5 cm³/mol. The minimum Gasteiger partial charge on any atom is -0.497 e. The summed E-state index contributed by atoms with van der Waals surface area (Å²) in [5.74, 6) is 0.611. The molecular weight excluding hydrogens is 320 g/mol. The van der Waals surface area contributed by atoms with E-state index in [1.807, 2.05) is 19.1 Å². The van der Waals surface area contributed by atoms with Gasteiger partial charge in [0.15, 0.2) is 0 Å². The van der Waals surface area contributed by atoms with Crippen LogP contribution in [0.1, 0.15) is 18.9 Å². The molecule has 0 unspecified atom stereocenters. The number of nitrogens with one attached hydrogen (secondary N) is 2. The standard InChI is InChI=1S/C18H28N4O3/c1-3-8-19-18(24)20-17(23)14-22-11-9-21(10-12-22)13-15-4-6-16(25-2)7-5-15/h4-7H,3,8-14H2,1-2H3,(H2,19,20,23,24). The molecule has 1 aromatic carbocycles. The largest absolute Gasteiger partial charge is 0.497 e. The molecule has 0 atom stereocenters. The van der Waals surface area contributed by atoms with Crippen molar-refractivity contribution in [2.45, 2.75) is 19.9 Å². The summed E-state index contributed by atoms with van der Waals surface area (Å²) in [6.07, 6.45) is 0.845. The Labute approximate surface area is 149 Å². The maximum atomic E-state index is 11.9. The van der Waals surface area contributed by atoms with Gasteiger partial charge < -0.3 is 10.1 Å². The van der Waals surface area contributed by atoms with Crippen molar-refractivity contribution in [3.05, 3.63) is 29.8 Å². The minimum absolute atomic E-state index is 0.253. The van der Waals surface area contributed by atoms with Crippen molar-refractivity contribution >= 4 is 11.9 Å². The number of carbonyl (C=O) groups excluding carboxylic acids is 2. The molecule has 1 aromatic rings. The molecule has 1 aliphatic rings. The van der Waals surface area contributed by atoms with Gasteiger partial charge in [0.2, 0.25) is 5.91 Å². The number of nitrogens with zero attached hydrogens (tertiary/aromatic N) is 2. The summed E-state index contributed by atoms with van der Waals surface area (Å²) >= 11 is 0. The van der Waals surface area contributed by atoms with Crippen LogP contribution in [0.2, 0.25) is 0 Å². The molecule has 25 heavy (non-hydrogen) atoms. The molecule has 1 heterocycles. The van der Waals surface area contributed by atoms with Crippen LogP contribution in [0.15, 0.2) is 24.3 Å². The van der Waals surface area contributed by atoms with Crippen molar-refractivity contribution in [3.63, 3.8) is 0 Å². The van der Waals surface area contributed by atoms with Gasteiger partial charge in [0.05, 0.1) is 13.7 Å². The van der Waals surface area contributed by atoms with Gasteiger partial charge in [-0.1, -0.05) is 19.1 Å². The fraction of sp³-hybridized carbons (Fsp3) is 0.556. The van der Waals surface area contributed by atoms with Crippen LogP contribution in [-0.2, 0) is 11.3 Å². The molecular formula is C18H28N4O3. The van der Waals surface area contributed by atoms with Crippen molar-refractivity contribution in [2.24, 2.45) is 0 Å². The minimum atomic E-state index is -0.412. The smallest absolute Gasteiger partial charge is 0.321 e. The van der Waals surface area contributed by atoms with Gasteiger partial charge in [-0.3, -0.25) is 19.9 Å². The molecule has 1 saturated heterocycles. The predicted octanol–water partition coefficient (Wildman–Crippen LogP) is 1.05. The van der Waals surface area contributed by atoms with E-state index in [-0.39, 0.29) is 12.5 Å². The highest BCUT2D eigenvalue weighted by Gasteiger charge is 2.19. The van der Waals surface area contributed by atoms with E-state index in [1.165, 1.54) is 5.56 Å². The topological polar surface area (TPSA) is 73.9 Å².